The Hall–Kier alpha value is -2.53. The monoisotopic (exact) mass is 327 g/mol. The summed E-state index contributed by atoms with van der Waals surface area (Å²) >= 11 is 0. The number of methoxy groups -OCH3 is 1. The number of nitrogens with one attached hydrogen (secondary N) is 1. The molecule has 0 saturated carbocycles. The lowest BCUT2D eigenvalue weighted by Gasteiger charge is -2.22. The number of ether oxygens (including phenoxy) is 2. The molecule has 0 spiro atoms. The SMILES string of the molecule is COc1ccccc1OCC(=O)NCC1(O)Cc2ccccc2C1. The fraction of sp³-hybridized carbons (Fsp3) is 0.316. The van der Waals surface area contributed by atoms with Gasteiger partial charge in [-0.25, -0.2) is 0 Å². The molecule has 5 nitrogen and oxygen atoms in total. The lowest BCUT2D eigenvalue weighted by Crippen LogP contribution is -2.45. The highest BCUT2D eigenvalue weighted by Gasteiger charge is 2.35. The maximum Gasteiger partial charge on any atom is 0.258 e. The molecule has 1 amide bonds. The van der Waals surface area contributed by atoms with Crippen LogP contribution in [0.3, 0.4) is 0 Å². The lowest BCUT2D eigenvalue weighted by molar-refractivity contribution is -0.124. The summed E-state index contributed by atoms with van der Waals surface area (Å²) in [4.78, 5) is 12.0. The Labute approximate surface area is 141 Å². The fourth-order valence-corrected chi connectivity index (χ4v) is 2.99. The molecule has 0 aromatic heterocycles. The molecule has 5 heteroatoms. The molecule has 0 saturated heterocycles. The number of hydrogen-bond acceptors (Lipinski definition) is 4. The van der Waals surface area contributed by atoms with Crippen LogP contribution in [0.4, 0.5) is 0 Å². The van der Waals surface area contributed by atoms with Gasteiger partial charge >= 0.3 is 0 Å². The molecule has 1 aliphatic rings. The fourth-order valence-electron chi connectivity index (χ4n) is 2.99. The van der Waals surface area contributed by atoms with Gasteiger partial charge in [0.15, 0.2) is 18.1 Å². The summed E-state index contributed by atoms with van der Waals surface area (Å²) < 4.78 is 10.7. The van der Waals surface area contributed by atoms with Crippen molar-refractivity contribution < 1.29 is 19.4 Å². The highest BCUT2D eigenvalue weighted by Crippen LogP contribution is 2.29. The van der Waals surface area contributed by atoms with E-state index in [1.807, 2.05) is 36.4 Å². The average Bonchev–Trinajstić information content (AvgIpc) is 2.95. The number of rotatable bonds is 6. The largest absolute Gasteiger partial charge is 0.493 e. The molecular formula is C19H21NO4. The highest BCUT2D eigenvalue weighted by molar-refractivity contribution is 5.77. The van der Waals surface area contributed by atoms with Gasteiger partial charge in [0.2, 0.25) is 0 Å². The molecule has 0 unspecified atom stereocenters. The van der Waals surface area contributed by atoms with Gasteiger partial charge in [-0.05, 0) is 23.3 Å². The van der Waals surface area contributed by atoms with Crippen LogP contribution in [0, 0.1) is 0 Å². The maximum atomic E-state index is 12.0. The molecule has 0 fully saturated rings. The summed E-state index contributed by atoms with van der Waals surface area (Å²) in [6.45, 7) is 0.0825. The van der Waals surface area contributed by atoms with Gasteiger partial charge in [0.25, 0.3) is 5.91 Å². The second kappa shape index (κ2) is 6.93. The average molecular weight is 327 g/mol. The Kier molecular flexibility index (Phi) is 4.71. The third-order valence-corrected chi connectivity index (χ3v) is 4.20. The first kappa shape index (κ1) is 16.3. The number of hydrogen-bond donors (Lipinski definition) is 2. The summed E-state index contributed by atoms with van der Waals surface area (Å²) in [7, 11) is 1.55. The van der Waals surface area contributed by atoms with Crippen LogP contribution in [0.25, 0.3) is 0 Å². The van der Waals surface area contributed by atoms with Crippen molar-refractivity contribution in [1.82, 2.24) is 5.32 Å². The molecule has 2 aromatic rings. The van der Waals surface area contributed by atoms with Gasteiger partial charge in [0.1, 0.15) is 0 Å². The topological polar surface area (TPSA) is 67.8 Å². The number of carbonyl (C=O) groups is 1. The van der Waals surface area contributed by atoms with Crippen LogP contribution in [0.1, 0.15) is 11.1 Å². The van der Waals surface area contributed by atoms with Crippen molar-refractivity contribution in [3.05, 3.63) is 59.7 Å². The molecule has 2 aromatic carbocycles. The van der Waals surface area contributed by atoms with Gasteiger partial charge in [-0.2, -0.15) is 0 Å². The minimum Gasteiger partial charge on any atom is -0.493 e. The zero-order chi connectivity index (χ0) is 17.0. The van der Waals surface area contributed by atoms with Gasteiger partial charge in [0.05, 0.1) is 12.7 Å². The summed E-state index contributed by atoms with van der Waals surface area (Å²) in [5.74, 6) is 0.822. The van der Waals surface area contributed by atoms with Gasteiger partial charge in [-0.15, -0.1) is 0 Å². The first-order chi connectivity index (χ1) is 11.6. The van der Waals surface area contributed by atoms with Crippen molar-refractivity contribution in [2.75, 3.05) is 20.3 Å². The molecule has 0 aliphatic heterocycles. The Morgan fingerprint density at radius 3 is 2.29 bits per heavy atom. The molecule has 0 heterocycles. The van der Waals surface area contributed by atoms with E-state index >= 15 is 0 Å². The molecular weight excluding hydrogens is 306 g/mol. The van der Waals surface area contributed by atoms with Gasteiger partial charge in [-0.3, -0.25) is 4.79 Å². The normalized spacial score (nSPS) is 14.8. The van der Waals surface area contributed by atoms with E-state index in [0.29, 0.717) is 24.3 Å². The van der Waals surface area contributed by atoms with Crippen molar-refractivity contribution in [3.63, 3.8) is 0 Å². The number of para-hydroxylation sites is 2. The van der Waals surface area contributed by atoms with Gasteiger partial charge in [-0.1, -0.05) is 36.4 Å². The van der Waals surface area contributed by atoms with Crippen LogP contribution in [-0.4, -0.2) is 36.9 Å². The second-order valence-electron chi connectivity index (χ2n) is 6.06. The zero-order valence-electron chi connectivity index (χ0n) is 13.6. The van der Waals surface area contributed by atoms with E-state index < -0.39 is 5.60 Å². The van der Waals surface area contributed by atoms with E-state index in [4.69, 9.17) is 9.47 Å². The Bertz CT molecular complexity index is 704. The van der Waals surface area contributed by atoms with Crippen LogP contribution in [0.5, 0.6) is 11.5 Å². The maximum absolute atomic E-state index is 12.0. The molecule has 2 N–H and O–H groups in total. The van der Waals surface area contributed by atoms with E-state index in [1.54, 1.807) is 19.2 Å². The molecule has 24 heavy (non-hydrogen) atoms. The molecule has 0 atom stereocenters. The van der Waals surface area contributed by atoms with E-state index in [2.05, 4.69) is 5.32 Å². The summed E-state index contributed by atoms with van der Waals surface area (Å²) in [6.07, 6.45) is 1.10. The number of aliphatic hydroxyl groups is 1. The number of benzene rings is 2. The molecule has 0 bridgehead atoms. The minimum atomic E-state index is -0.927. The standard InChI is InChI=1S/C19H21NO4/c1-23-16-8-4-5-9-17(16)24-12-18(21)20-13-19(22)10-14-6-2-3-7-15(14)11-19/h2-9,22H,10-13H2,1H3,(H,20,21). The first-order valence-electron chi connectivity index (χ1n) is 7.91. The van der Waals surface area contributed by atoms with Crippen LogP contribution in [-0.2, 0) is 17.6 Å². The molecule has 1 aliphatic carbocycles. The second-order valence-corrected chi connectivity index (χ2v) is 6.06. The lowest BCUT2D eigenvalue weighted by atomic mass is 10.0. The highest BCUT2D eigenvalue weighted by atomic mass is 16.5. The van der Waals surface area contributed by atoms with Crippen LogP contribution >= 0.6 is 0 Å². The van der Waals surface area contributed by atoms with Gasteiger partial charge in [0, 0.05) is 19.4 Å². The number of carbonyl (C=O) groups excluding carboxylic acids is 1. The predicted molar refractivity (Wildman–Crippen MR) is 90.3 cm³/mol. The first-order valence-corrected chi connectivity index (χ1v) is 7.91. The van der Waals surface area contributed by atoms with E-state index in [9.17, 15) is 9.90 Å². The Balaban J connectivity index is 1.50. The molecule has 126 valence electrons. The third-order valence-electron chi connectivity index (χ3n) is 4.20. The van der Waals surface area contributed by atoms with Crippen LogP contribution in [0.15, 0.2) is 48.5 Å². The smallest absolute Gasteiger partial charge is 0.258 e. The van der Waals surface area contributed by atoms with Crippen molar-refractivity contribution >= 4 is 5.91 Å². The van der Waals surface area contributed by atoms with Crippen molar-refractivity contribution in [1.29, 1.82) is 0 Å². The van der Waals surface area contributed by atoms with Crippen molar-refractivity contribution in [2.45, 2.75) is 18.4 Å². The molecule has 0 radical (unpaired) electrons. The Morgan fingerprint density at radius 1 is 1.08 bits per heavy atom. The van der Waals surface area contributed by atoms with E-state index in [0.717, 1.165) is 11.1 Å². The summed E-state index contributed by atoms with van der Waals surface area (Å²) in [5.41, 5.74) is 1.35. The minimum absolute atomic E-state index is 0.122. The van der Waals surface area contributed by atoms with Gasteiger partial charge < -0.3 is 19.9 Å². The van der Waals surface area contributed by atoms with Crippen molar-refractivity contribution in [3.8, 4) is 11.5 Å². The summed E-state index contributed by atoms with van der Waals surface area (Å²) in [5, 5.41) is 13.4. The third kappa shape index (κ3) is 3.68. The Morgan fingerprint density at radius 2 is 1.67 bits per heavy atom. The number of amides is 1. The van der Waals surface area contributed by atoms with Crippen molar-refractivity contribution in [2.24, 2.45) is 0 Å². The van der Waals surface area contributed by atoms with Crippen LogP contribution < -0.4 is 14.8 Å². The molecule has 3 rings (SSSR count). The van der Waals surface area contributed by atoms with Crippen LogP contribution in [0.2, 0.25) is 0 Å². The zero-order valence-corrected chi connectivity index (χ0v) is 13.6. The quantitative estimate of drug-likeness (QED) is 0.848. The predicted octanol–water partition coefficient (Wildman–Crippen LogP) is 1.72. The number of fused-ring (bicyclic) bond motifs is 1. The van der Waals surface area contributed by atoms with E-state index in [1.165, 1.54) is 0 Å². The summed E-state index contributed by atoms with van der Waals surface area (Å²) in [6, 6.07) is 15.1. The van der Waals surface area contributed by atoms with E-state index in [-0.39, 0.29) is 19.1 Å².